The Hall–Kier alpha value is -3.43. The number of ether oxygens (including phenoxy) is 3. The highest BCUT2D eigenvalue weighted by atomic mass is 16.5. The molecule has 9 heteroatoms. The molecule has 9 nitrogen and oxygen atoms in total. The first-order valence-corrected chi connectivity index (χ1v) is 11.0. The molecule has 0 heterocycles. The van der Waals surface area contributed by atoms with E-state index in [1.807, 2.05) is 48.5 Å². The average Bonchev–Trinajstić information content (AvgIpc) is 3.16. The summed E-state index contributed by atoms with van der Waals surface area (Å²) in [5.74, 6) is -2.03. The predicted molar refractivity (Wildman–Crippen MR) is 125 cm³/mol. The second-order valence-corrected chi connectivity index (χ2v) is 8.07. The Bertz CT molecular complexity index is 980. The maximum absolute atomic E-state index is 12.8. The lowest BCUT2D eigenvalue weighted by molar-refractivity contribution is -0.145. The molecular weight excluding hydrogens is 440 g/mol. The van der Waals surface area contributed by atoms with Crippen molar-refractivity contribution in [3.05, 3.63) is 59.7 Å². The van der Waals surface area contributed by atoms with Gasteiger partial charge in [-0.15, -0.1) is 0 Å². The minimum atomic E-state index is -1.27. The predicted octanol–water partition coefficient (Wildman–Crippen LogP) is 2.53. The fourth-order valence-corrected chi connectivity index (χ4v) is 4.06. The maximum Gasteiger partial charge on any atom is 0.407 e. The summed E-state index contributed by atoms with van der Waals surface area (Å²) in [6.45, 7) is 1.80. The third-order valence-electron chi connectivity index (χ3n) is 5.97. The van der Waals surface area contributed by atoms with Gasteiger partial charge in [-0.1, -0.05) is 48.5 Å². The number of aliphatic carboxylic acids is 1. The molecule has 1 aliphatic rings. The molecule has 34 heavy (non-hydrogen) atoms. The Morgan fingerprint density at radius 2 is 1.56 bits per heavy atom. The van der Waals surface area contributed by atoms with Crippen LogP contribution < -0.4 is 10.6 Å². The van der Waals surface area contributed by atoms with Gasteiger partial charge in [-0.2, -0.15) is 0 Å². The van der Waals surface area contributed by atoms with Crippen LogP contribution in [0.5, 0.6) is 0 Å². The van der Waals surface area contributed by atoms with Gasteiger partial charge in [0, 0.05) is 33.2 Å². The van der Waals surface area contributed by atoms with Crippen LogP contribution in [0.2, 0.25) is 0 Å². The fourth-order valence-electron chi connectivity index (χ4n) is 4.06. The SMILES string of the molecule is COCCC(NC(=O)OCC1c2ccccc2-c2ccccc21)C(=O)N[C@H](C(=O)O)[C@@H](C)OC. The van der Waals surface area contributed by atoms with Crippen molar-refractivity contribution in [3.63, 3.8) is 0 Å². The van der Waals surface area contributed by atoms with Gasteiger partial charge in [0.15, 0.2) is 6.04 Å². The van der Waals surface area contributed by atoms with Crippen LogP contribution in [-0.4, -0.2) is 68.7 Å². The number of hydrogen-bond donors (Lipinski definition) is 3. The van der Waals surface area contributed by atoms with Crippen molar-refractivity contribution in [1.82, 2.24) is 10.6 Å². The van der Waals surface area contributed by atoms with E-state index in [1.54, 1.807) is 0 Å². The maximum atomic E-state index is 12.8. The molecule has 0 saturated carbocycles. The number of carboxylic acid groups (broad SMARTS) is 1. The molecule has 1 aliphatic carbocycles. The molecule has 3 N–H and O–H groups in total. The van der Waals surface area contributed by atoms with Gasteiger partial charge in [0.1, 0.15) is 12.6 Å². The fraction of sp³-hybridized carbons (Fsp3) is 0.400. The molecule has 2 aromatic rings. The van der Waals surface area contributed by atoms with Crippen molar-refractivity contribution in [2.75, 3.05) is 27.4 Å². The quantitative estimate of drug-likeness (QED) is 0.461. The molecule has 1 unspecified atom stereocenters. The highest BCUT2D eigenvalue weighted by Crippen LogP contribution is 2.44. The van der Waals surface area contributed by atoms with Crippen LogP contribution in [0.25, 0.3) is 11.1 Å². The first-order chi connectivity index (χ1) is 16.4. The summed E-state index contributed by atoms with van der Waals surface area (Å²) in [4.78, 5) is 36.9. The van der Waals surface area contributed by atoms with Crippen molar-refractivity contribution < 1.29 is 33.7 Å². The van der Waals surface area contributed by atoms with E-state index >= 15 is 0 Å². The number of nitrogens with one attached hydrogen (secondary N) is 2. The molecular formula is C25H30N2O7. The Balaban J connectivity index is 1.66. The zero-order valence-corrected chi connectivity index (χ0v) is 19.4. The van der Waals surface area contributed by atoms with E-state index in [9.17, 15) is 19.5 Å². The lowest BCUT2D eigenvalue weighted by Crippen LogP contribution is -2.55. The summed E-state index contributed by atoms with van der Waals surface area (Å²) in [5.41, 5.74) is 4.36. The standard InChI is InChI=1S/C25H30N2O7/c1-15(33-3)22(24(29)30)27-23(28)21(12-13-32-2)26-25(31)34-14-20-18-10-6-4-8-16(18)17-9-5-7-11-19(17)20/h4-11,15,20-22H,12-14H2,1-3H3,(H,26,31)(H,27,28)(H,29,30)/t15-,21?,22+/m1/s1. The van der Waals surface area contributed by atoms with Crippen LogP contribution in [-0.2, 0) is 23.8 Å². The van der Waals surface area contributed by atoms with Gasteiger partial charge in [0.05, 0.1) is 6.10 Å². The second-order valence-electron chi connectivity index (χ2n) is 8.07. The number of amides is 2. The summed E-state index contributed by atoms with van der Waals surface area (Å²) in [5, 5.41) is 14.4. The number of carbonyl (C=O) groups is 3. The van der Waals surface area contributed by atoms with E-state index in [-0.39, 0.29) is 25.6 Å². The van der Waals surface area contributed by atoms with Crippen molar-refractivity contribution in [1.29, 1.82) is 0 Å². The van der Waals surface area contributed by atoms with Gasteiger partial charge in [-0.25, -0.2) is 9.59 Å². The Labute approximate surface area is 198 Å². The molecule has 0 aliphatic heterocycles. The minimum Gasteiger partial charge on any atom is -0.480 e. The molecule has 182 valence electrons. The van der Waals surface area contributed by atoms with Crippen molar-refractivity contribution in [2.45, 2.75) is 37.5 Å². The normalized spacial score (nSPS) is 14.9. The minimum absolute atomic E-state index is 0.0942. The van der Waals surface area contributed by atoms with Crippen LogP contribution in [0.15, 0.2) is 48.5 Å². The number of benzene rings is 2. The number of methoxy groups -OCH3 is 2. The molecule has 2 amide bonds. The smallest absolute Gasteiger partial charge is 0.407 e. The molecule has 0 bridgehead atoms. The average molecular weight is 471 g/mol. The molecule has 0 aromatic heterocycles. The van der Waals surface area contributed by atoms with Crippen molar-refractivity contribution >= 4 is 18.0 Å². The summed E-state index contributed by atoms with van der Waals surface area (Å²) in [6, 6.07) is 13.6. The van der Waals surface area contributed by atoms with Gasteiger partial charge in [-0.3, -0.25) is 4.79 Å². The Morgan fingerprint density at radius 1 is 0.971 bits per heavy atom. The molecule has 3 atom stereocenters. The van der Waals surface area contributed by atoms with Gasteiger partial charge < -0.3 is 30.0 Å². The molecule has 0 spiro atoms. The van der Waals surface area contributed by atoms with Crippen molar-refractivity contribution in [2.24, 2.45) is 0 Å². The van der Waals surface area contributed by atoms with E-state index in [2.05, 4.69) is 10.6 Å². The molecule has 3 rings (SSSR count). The van der Waals surface area contributed by atoms with Crippen LogP contribution in [0.4, 0.5) is 4.79 Å². The summed E-state index contributed by atoms with van der Waals surface area (Å²) in [7, 11) is 2.82. The lowest BCUT2D eigenvalue weighted by atomic mass is 9.98. The molecule has 0 fully saturated rings. The summed E-state index contributed by atoms with van der Waals surface area (Å²) in [6.07, 6.45) is -1.40. The van der Waals surface area contributed by atoms with Gasteiger partial charge >= 0.3 is 12.1 Å². The second kappa shape index (κ2) is 11.6. The lowest BCUT2D eigenvalue weighted by Gasteiger charge is -2.24. The Morgan fingerprint density at radius 3 is 2.09 bits per heavy atom. The third kappa shape index (κ3) is 5.73. The number of carboxylic acids is 1. The number of carbonyl (C=O) groups excluding carboxylic acids is 2. The summed E-state index contributed by atoms with van der Waals surface area (Å²) >= 11 is 0. The molecule has 2 aromatic carbocycles. The summed E-state index contributed by atoms with van der Waals surface area (Å²) < 4.78 is 15.6. The van der Waals surface area contributed by atoms with Gasteiger partial charge in [0.25, 0.3) is 0 Å². The zero-order valence-electron chi connectivity index (χ0n) is 19.4. The number of rotatable bonds is 11. The number of alkyl carbamates (subject to hydrolysis) is 1. The van der Waals surface area contributed by atoms with Crippen molar-refractivity contribution in [3.8, 4) is 11.1 Å². The monoisotopic (exact) mass is 470 g/mol. The van der Waals surface area contributed by atoms with E-state index in [1.165, 1.54) is 21.1 Å². The third-order valence-corrected chi connectivity index (χ3v) is 5.97. The van der Waals surface area contributed by atoms with Crippen LogP contribution >= 0.6 is 0 Å². The van der Waals surface area contributed by atoms with E-state index in [4.69, 9.17) is 14.2 Å². The van der Waals surface area contributed by atoms with Crippen LogP contribution in [0.3, 0.4) is 0 Å². The van der Waals surface area contributed by atoms with Gasteiger partial charge in [0.2, 0.25) is 5.91 Å². The highest BCUT2D eigenvalue weighted by Gasteiger charge is 2.32. The molecule has 0 saturated heterocycles. The van der Waals surface area contributed by atoms with Crippen LogP contribution in [0, 0.1) is 0 Å². The first kappa shape index (κ1) is 25.2. The number of fused-ring (bicyclic) bond motifs is 3. The van der Waals surface area contributed by atoms with E-state index in [0.29, 0.717) is 0 Å². The van der Waals surface area contributed by atoms with Crippen LogP contribution in [0.1, 0.15) is 30.4 Å². The van der Waals surface area contributed by atoms with Gasteiger partial charge in [-0.05, 0) is 29.2 Å². The Kier molecular flexibility index (Phi) is 8.61. The highest BCUT2D eigenvalue weighted by molar-refractivity contribution is 5.89. The molecule has 0 radical (unpaired) electrons. The van der Waals surface area contributed by atoms with E-state index in [0.717, 1.165) is 22.3 Å². The van der Waals surface area contributed by atoms with E-state index < -0.39 is 36.2 Å². The topological polar surface area (TPSA) is 123 Å². The largest absolute Gasteiger partial charge is 0.480 e. The number of hydrogen-bond acceptors (Lipinski definition) is 6. The first-order valence-electron chi connectivity index (χ1n) is 11.0. The zero-order chi connectivity index (χ0) is 24.7.